The van der Waals surface area contributed by atoms with E-state index in [1.165, 1.54) is 4.31 Å². The van der Waals surface area contributed by atoms with Gasteiger partial charge in [0.25, 0.3) is 10.0 Å². The molecule has 5 rings (SSSR count). The van der Waals surface area contributed by atoms with E-state index in [0.29, 0.717) is 22.9 Å². The van der Waals surface area contributed by atoms with Crippen LogP contribution in [0.5, 0.6) is 5.75 Å². The topological polar surface area (TPSA) is 58.6 Å². The van der Waals surface area contributed by atoms with Gasteiger partial charge >= 0.3 is 0 Å². The molecule has 0 unspecified atom stereocenters. The highest BCUT2D eigenvalue weighted by molar-refractivity contribution is 7.92. The average molecular weight is 471 g/mol. The van der Waals surface area contributed by atoms with Crippen molar-refractivity contribution in [2.24, 2.45) is 5.92 Å². The monoisotopic (exact) mass is 470 g/mol. The van der Waals surface area contributed by atoms with Gasteiger partial charge in [-0.1, -0.05) is 18.2 Å². The minimum absolute atomic E-state index is 0.0633. The smallest absolute Gasteiger partial charge is 0.264 e. The Hall–Kier alpha value is -2.97. The molecule has 0 amide bonds. The Kier molecular flexibility index (Phi) is 5.58. The number of hydrogen-bond acceptors (Lipinski definition) is 4. The minimum atomic E-state index is -3.90. The Bertz CT molecular complexity index is 1310. The highest BCUT2D eigenvalue weighted by atomic mass is 32.2. The van der Waals surface area contributed by atoms with Gasteiger partial charge in [-0.25, -0.2) is 17.2 Å². The number of hydrogen-bond donors (Lipinski definition) is 1. The molecule has 0 spiro atoms. The first-order valence-electron chi connectivity index (χ1n) is 10.9. The molecule has 0 radical (unpaired) electrons. The van der Waals surface area contributed by atoms with Crippen LogP contribution in [0, 0.1) is 24.5 Å². The second-order valence-corrected chi connectivity index (χ2v) is 10.5. The second kappa shape index (κ2) is 8.43. The summed E-state index contributed by atoms with van der Waals surface area (Å²) < 4.78 is 63.2. The molecule has 33 heavy (non-hydrogen) atoms. The summed E-state index contributed by atoms with van der Waals surface area (Å²) in [5, 5.41) is 3.23. The molecule has 0 aromatic heterocycles. The number of rotatable bonds is 5. The molecule has 0 saturated carbocycles. The predicted molar refractivity (Wildman–Crippen MR) is 123 cm³/mol. The predicted octanol–water partition coefficient (Wildman–Crippen LogP) is 4.51. The van der Waals surface area contributed by atoms with Crippen LogP contribution in [-0.4, -0.2) is 34.2 Å². The van der Waals surface area contributed by atoms with Gasteiger partial charge in [0.2, 0.25) is 0 Å². The highest BCUT2D eigenvalue weighted by Crippen LogP contribution is 2.41. The Morgan fingerprint density at radius 2 is 1.88 bits per heavy atom. The Balaban J connectivity index is 1.60. The molecule has 2 aliphatic heterocycles. The van der Waals surface area contributed by atoms with Crippen LogP contribution in [0.1, 0.15) is 12.0 Å². The van der Waals surface area contributed by atoms with Crippen molar-refractivity contribution in [3.63, 3.8) is 0 Å². The van der Waals surface area contributed by atoms with Gasteiger partial charge in [-0.2, -0.15) is 0 Å². The summed E-state index contributed by atoms with van der Waals surface area (Å²) in [7, 11) is -3.90. The molecule has 1 N–H and O–H groups in total. The summed E-state index contributed by atoms with van der Waals surface area (Å²) in [5.74, 6) is -0.314. The van der Waals surface area contributed by atoms with E-state index in [4.69, 9.17) is 4.74 Å². The zero-order valence-corrected chi connectivity index (χ0v) is 18.9. The fourth-order valence-corrected chi connectivity index (χ4v) is 5.94. The largest absolute Gasteiger partial charge is 0.486 e. The third-order valence-electron chi connectivity index (χ3n) is 6.17. The van der Waals surface area contributed by atoms with E-state index in [1.54, 1.807) is 36.4 Å². The van der Waals surface area contributed by atoms with Crippen molar-refractivity contribution in [1.82, 2.24) is 5.32 Å². The third-order valence-corrected chi connectivity index (χ3v) is 7.95. The van der Waals surface area contributed by atoms with Crippen LogP contribution < -0.4 is 14.4 Å². The summed E-state index contributed by atoms with van der Waals surface area (Å²) in [6, 6.07) is 14.8. The number of halogens is 2. The number of fused-ring (bicyclic) bond motifs is 1. The molecule has 0 aliphatic carbocycles. The number of anilines is 1. The van der Waals surface area contributed by atoms with Crippen LogP contribution in [0.4, 0.5) is 14.5 Å². The summed E-state index contributed by atoms with van der Waals surface area (Å²) in [5.41, 5.74) is 1.59. The van der Waals surface area contributed by atoms with Gasteiger partial charge in [0.1, 0.15) is 23.5 Å². The molecule has 1 saturated heterocycles. The van der Waals surface area contributed by atoms with E-state index in [2.05, 4.69) is 5.32 Å². The van der Waals surface area contributed by atoms with E-state index >= 15 is 0 Å². The van der Waals surface area contributed by atoms with Crippen molar-refractivity contribution >= 4 is 15.7 Å². The maximum absolute atomic E-state index is 14.4. The summed E-state index contributed by atoms with van der Waals surface area (Å²) in [6.07, 6.45) is 0.424. The van der Waals surface area contributed by atoms with Crippen LogP contribution >= 0.6 is 0 Å². The maximum atomic E-state index is 14.4. The second-order valence-electron chi connectivity index (χ2n) is 8.66. The molecule has 172 valence electrons. The van der Waals surface area contributed by atoms with Crippen molar-refractivity contribution in [3.8, 4) is 16.9 Å². The van der Waals surface area contributed by atoms with Gasteiger partial charge in [0, 0.05) is 5.56 Å². The quantitative estimate of drug-likeness (QED) is 0.596. The lowest BCUT2D eigenvalue weighted by Gasteiger charge is -2.38. The zero-order chi connectivity index (χ0) is 23.2. The average Bonchev–Trinajstić information content (AvgIpc) is 2.77. The zero-order valence-electron chi connectivity index (χ0n) is 18.1. The van der Waals surface area contributed by atoms with E-state index in [0.717, 1.165) is 43.3 Å². The Morgan fingerprint density at radius 3 is 2.61 bits per heavy atom. The molecule has 2 aliphatic rings. The fraction of sp³-hybridized carbons (Fsp3) is 0.280. The van der Waals surface area contributed by atoms with Gasteiger partial charge in [0.05, 0.1) is 17.1 Å². The lowest BCUT2D eigenvalue weighted by Crippen LogP contribution is -2.49. The minimum Gasteiger partial charge on any atom is -0.486 e. The lowest BCUT2D eigenvalue weighted by molar-refractivity contribution is 0.147. The first-order valence-corrected chi connectivity index (χ1v) is 12.3. The number of benzene rings is 3. The first kappa shape index (κ1) is 21.9. The molecule has 0 bridgehead atoms. The number of nitrogens with zero attached hydrogens (tertiary/aromatic N) is 1. The van der Waals surface area contributed by atoms with Crippen molar-refractivity contribution in [3.05, 3.63) is 77.9 Å². The summed E-state index contributed by atoms with van der Waals surface area (Å²) in [6.45, 7) is 3.75. The van der Waals surface area contributed by atoms with Gasteiger partial charge in [0.15, 0.2) is 0 Å². The van der Waals surface area contributed by atoms with Crippen LogP contribution in [0.15, 0.2) is 65.6 Å². The molecule has 1 atom stereocenters. The molecule has 3 aromatic carbocycles. The van der Waals surface area contributed by atoms with E-state index < -0.39 is 21.7 Å². The van der Waals surface area contributed by atoms with E-state index in [9.17, 15) is 17.2 Å². The highest BCUT2D eigenvalue weighted by Gasteiger charge is 2.36. The third kappa shape index (κ3) is 4.20. The fourth-order valence-electron chi connectivity index (χ4n) is 4.34. The van der Waals surface area contributed by atoms with Gasteiger partial charge in [-0.15, -0.1) is 0 Å². The Labute approximate surface area is 192 Å². The molecule has 3 aromatic rings. The van der Waals surface area contributed by atoms with E-state index in [-0.39, 0.29) is 23.1 Å². The van der Waals surface area contributed by atoms with Crippen LogP contribution in [-0.2, 0) is 10.0 Å². The van der Waals surface area contributed by atoms with Crippen molar-refractivity contribution in [2.75, 3.05) is 23.9 Å². The summed E-state index contributed by atoms with van der Waals surface area (Å²) >= 11 is 0. The normalized spacial score (nSPS) is 18.4. The van der Waals surface area contributed by atoms with Crippen LogP contribution in [0.25, 0.3) is 11.1 Å². The van der Waals surface area contributed by atoms with Gasteiger partial charge < -0.3 is 10.1 Å². The van der Waals surface area contributed by atoms with Crippen LogP contribution in [0.2, 0.25) is 0 Å². The molecule has 2 heterocycles. The molecule has 5 nitrogen and oxygen atoms in total. The lowest BCUT2D eigenvalue weighted by atomic mass is 9.95. The van der Waals surface area contributed by atoms with Crippen molar-refractivity contribution in [2.45, 2.75) is 24.3 Å². The van der Waals surface area contributed by atoms with Crippen molar-refractivity contribution < 1.29 is 21.9 Å². The summed E-state index contributed by atoms with van der Waals surface area (Å²) in [4.78, 5) is 0.182. The maximum Gasteiger partial charge on any atom is 0.264 e. The van der Waals surface area contributed by atoms with Gasteiger partial charge in [-0.3, -0.25) is 4.31 Å². The Morgan fingerprint density at radius 1 is 1.06 bits per heavy atom. The molecule has 1 fully saturated rings. The number of ether oxygens (including phenoxy) is 1. The number of sulfonamides is 1. The molecular weight excluding hydrogens is 446 g/mol. The van der Waals surface area contributed by atoms with Crippen LogP contribution in [0.3, 0.4) is 0 Å². The molecule has 8 heteroatoms. The SMILES string of the molecule is Cc1cccc(S(=O)(=O)N2C[C@H](CC3CNC3)Oc3ccc(-c4cc(F)ccc4F)cc32)c1. The van der Waals surface area contributed by atoms with Gasteiger partial charge in [-0.05, 0) is 85.9 Å². The van der Waals surface area contributed by atoms with E-state index in [1.807, 2.05) is 13.0 Å². The standard InChI is InChI=1S/C25H24F2N2O3S/c1-16-3-2-4-21(9-16)33(30,31)29-15-20(10-17-13-28-14-17)32-25-8-5-18(11-24(25)29)22-12-19(26)6-7-23(22)27/h2-9,11-12,17,20,28H,10,13-15H2,1H3/t20-/m0/s1. The first-order chi connectivity index (χ1) is 15.8. The number of aryl methyl sites for hydroxylation is 1. The van der Waals surface area contributed by atoms with Crippen molar-refractivity contribution in [1.29, 1.82) is 0 Å². The molecular formula is C25H24F2N2O3S. The number of nitrogens with one attached hydrogen (secondary N) is 1.